The van der Waals surface area contributed by atoms with Gasteiger partial charge in [-0.1, -0.05) is 38.3 Å². The van der Waals surface area contributed by atoms with Crippen LogP contribution < -0.4 is 0 Å². The van der Waals surface area contributed by atoms with E-state index in [0.717, 1.165) is 25.7 Å². The summed E-state index contributed by atoms with van der Waals surface area (Å²) in [5.74, 6) is 0. The van der Waals surface area contributed by atoms with Crippen LogP contribution in [0.25, 0.3) is 0 Å². The van der Waals surface area contributed by atoms with E-state index in [2.05, 4.69) is 6.92 Å². The predicted molar refractivity (Wildman–Crippen MR) is 99.2 cm³/mol. The van der Waals surface area contributed by atoms with Gasteiger partial charge in [-0.3, -0.25) is 20.2 Å². The highest BCUT2D eigenvalue weighted by Crippen LogP contribution is 2.17. The van der Waals surface area contributed by atoms with Crippen LogP contribution in [0.1, 0.15) is 77.6 Å². The minimum absolute atomic E-state index is 0.0223. The van der Waals surface area contributed by atoms with E-state index in [1.54, 1.807) is 0 Å². The summed E-state index contributed by atoms with van der Waals surface area (Å²) in [6.07, 6.45) is 9.86. The van der Waals surface area contributed by atoms with Crippen LogP contribution in [-0.2, 0) is 4.79 Å². The third kappa shape index (κ3) is 12.5. The molecule has 0 heterocycles. The molecule has 26 heavy (non-hydrogen) atoms. The third-order valence-electron chi connectivity index (χ3n) is 4.39. The number of aliphatic hydroxyl groups is 1. The Morgan fingerprint density at radius 3 is 2.08 bits per heavy atom. The number of carbonyl (C=O) groups is 1. The molecule has 0 aliphatic heterocycles. The van der Waals surface area contributed by atoms with Crippen molar-refractivity contribution in [3.05, 3.63) is 32.4 Å². The lowest BCUT2D eigenvalue weighted by Crippen LogP contribution is -2.30. The molecule has 0 radical (unpaired) electrons. The Kier molecular flexibility index (Phi) is 14.3. The second-order valence-electron chi connectivity index (χ2n) is 6.65. The standard InChI is InChI=1S/C18H32N2O6/c1-2-3-4-8-11-16(19(23)24)14-17(20(25)26)12-9-6-5-7-10-13-18(22)15-21/h5-6,15-18,22H,2-4,7-14H2,1H3. The number of allylic oxidation sites excluding steroid dienone is 2. The highest BCUT2D eigenvalue weighted by Gasteiger charge is 2.30. The maximum absolute atomic E-state index is 11.2. The first-order valence-corrected chi connectivity index (χ1v) is 9.47. The number of carbonyl (C=O) groups excluding carboxylic acids is 1. The zero-order valence-corrected chi connectivity index (χ0v) is 15.6. The van der Waals surface area contributed by atoms with E-state index in [0.29, 0.717) is 38.4 Å². The first-order chi connectivity index (χ1) is 12.4. The molecular formula is C18H32N2O6. The van der Waals surface area contributed by atoms with Gasteiger partial charge in [-0.2, -0.15) is 0 Å². The third-order valence-corrected chi connectivity index (χ3v) is 4.39. The minimum atomic E-state index is -0.932. The summed E-state index contributed by atoms with van der Waals surface area (Å²) in [4.78, 5) is 31.9. The fraction of sp³-hybridized carbons (Fsp3) is 0.833. The van der Waals surface area contributed by atoms with Crippen molar-refractivity contribution in [3.63, 3.8) is 0 Å². The Labute approximate surface area is 155 Å². The molecule has 0 spiro atoms. The van der Waals surface area contributed by atoms with Gasteiger partial charge in [0.15, 0.2) is 0 Å². The smallest absolute Gasteiger partial charge is 0.220 e. The lowest BCUT2D eigenvalue weighted by molar-refractivity contribution is -0.561. The number of hydrogen-bond donors (Lipinski definition) is 1. The molecule has 0 rings (SSSR count). The number of aldehydes is 1. The molecule has 8 heteroatoms. The van der Waals surface area contributed by atoms with Crippen LogP contribution >= 0.6 is 0 Å². The molecule has 0 saturated heterocycles. The highest BCUT2D eigenvalue weighted by molar-refractivity contribution is 5.55. The Morgan fingerprint density at radius 1 is 0.885 bits per heavy atom. The van der Waals surface area contributed by atoms with Crippen LogP contribution in [0.4, 0.5) is 0 Å². The second kappa shape index (κ2) is 15.4. The second-order valence-corrected chi connectivity index (χ2v) is 6.65. The molecule has 1 N–H and O–H groups in total. The quantitative estimate of drug-likeness (QED) is 0.136. The van der Waals surface area contributed by atoms with Crippen molar-refractivity contribution in [1.29, 1.82) is 0 Å². The molecule has 8 nitrogen and oxygen atoms in total. The van der Waals surface area contributed by atoms with Gasteiger partial charge < -0.3 is 9.90 Å². The average molecular weight is 372 g/mol. The SMILES string of the molecule is CCCCCCC(CC(CCC=CCCCC(O)C=O)[N+](=O)[O-])[N+](=O)[O-]. The fourth-order valence-corrected chi connectivity index (χ4v) is 2.78. The zero-order valence-electron chi connectivity index (χ0n) is 15.6. The van der Waals surface area contributed by atoms with Gasteiger partial charge in [-0.05, 0) is 32.1 Å². The number of nitro groups is 2. The summed E-state index contributed by atoms with van der Waals surface area (Å²) < 4.78 is 0. The van der Waals surface area contributed by atoms with E-state index in [-0.39, 0.29) is 17.8 Å². The Hall–Kier alpha value is -1.83. The van der Waals surface area contributed by atoms with Crippen molar-refractivity contribution in [2.45, 2.75) is 95.7 Å². The average Bonchev–Trinajstić information content (AvgIpc) is 2.60. The number of rotatable bonds is 17. The van der Waals surface area contributed by atoms with Gasteiger partial charge in [0.05, 0.1) is 6.42 Å². The molecule has 0 aromatic heterocycles. The van der Waals surface area contributed by atoms with Crippen LogP contribution in [0, 0.1) is 20.2 Å². The van der Waals surface area contributed by atoms with Crippen LogP contribution in [0.3, 0.4) is 0 Å². The number of nitrogens with zero attached hydrogens (tertiary/aromatic N) is 2. The first-order valence-electron chi connectivity index (χ1n) is 9.47. The Balaban J connectivity index is 4.25. The van der Waals surface area contributed by atoms with Crippen LogP contribution in [0.15, 0.2) is 12.2 Å². The van der Waals surface area contributed by atoms with E-state index in [1.165, 1.54) is 0 Å². The molecule has 0 bridgehead atoms. The summed E-state index contributed by atoms with van der Waals surface area (Å²) >= 11 is 0. The van der Waals surface area contributed by atoms with Crippen molar-refractivity contribution in [1.82, 2.24) is 0 Å². The summed E-state index contributed by atoms with van der Waals surface area (Å²) in [7, 11) is 0. The summed E-state index contributed by atoms with van der Waals surface area (Å²) in [5, 5.41) is 31.5. The van der Waals surface area contributed by atoms with Gasteiger partial charge in [-0.15, -0.1) is 0 Å². The first kappa shape index (κ1) is 24.2. The largest absolute Gasteiger partial charge is 0.386 e. The topological polar surface area (TPSA) is 124 Å². The van der Waals surface area contributed by atoms with Gasteiger partial charge >= 0.3 is 0 Å². The molecule has 150 valence electrons. The normalized spacial score (nSPS) is 14.8. The molecule has 0 amide bonds. The molecular weight excluding hydrogens is 340 g/mol. The van der Waals surface area contributed by atoms with E-state index in [9.17, 15) is 25.0 Å². The van der Waals surface area contributed by atoms with Gasteiger partial charge in [0.1, 0.15) is 12.4 Å². The zero-order chi connectivity index (χ0) is 19.8. The minimum Gasteiger partial charge on any atom is -0.386 e. The molecule has 0 aliphatic rings. The van der Waals surface area contributed by atoms with Crippen molar-refractivity contribution in [2.24, 2.45) is 0 Å². The van der Waals surface area contributed by atoms with E-state index in [1.807, 2.05) is 12.2 Å². The number of hydrogen-bond acceptors (Lipinski definition) is 6. The molecule has 0 aromatic carbocycles. The van der Waals surface area contributed by atoms with E-state index < -0.39 is 23.1 Å². The molecule has 3 atom stereocenters. The van der Waals surface area contributed by atoms with E-state index in [4.69, 9.17) is 5.11 Å². The van der Waals surface area contributed by atoms with E-state index >= 15 is 0 Å². The monoisotopic (exact) mass is 372 g/mol. The lowest BCUT2D eigenvalue weighted by atomic mass is 9.98. The summed E-state index contributed by atoms with van der Waals surface area (Å²) in [5.41, 5.74) is 0. The van der Waals surface area contributed by atoms with Crippen molar-refractivity contribution < 1.29 is 19.7 Å². The van der Waals surface area contributed by atoms with Gasteiger partial charge in [-0.25, -0.2) is 0 Å². The van der Waals surface area contributed by atoms with Crippen molar-refractivity contribution >= 4 is 6.29 Å². The van der Waals surface area contributed by atoms with Crippen molar-refractivity contribution in [3.8, 4) is 0 Å². The van der Waals surface area contributed by atoms with Crippen LogP contribution in [-0.4, -0.2) is 39.4 Å². The summed E-state index contributed by atoms with van der Waals surface area (Å²) in [6, 6.07) is -1.76. The van der Waals surface area contributed by atoms with Crippen LogP contribution in [0.2, 0.25) is 0 Å². The highest BCUT2D eigenvalue weighted by atomic mass is 16.6. The molecule has 0 saturated carbocycles. The van der Waals surface area contributed by atoms with Crippen molar-refractivity contribution in [2.75, 3.05) is 0 Å². The van der Waals surface area contributed by atoms with Gasteiger partial charge in [0.2, 0.25) is 12.1 Å². The molecule has 0 aliphatic carbocycles. The van der Waals surface area contributed by atoms with Gasteiger partial charge in [0.25, 0.3) is 0 Å². The molecule has 3 unspecified atom stereocenters. The lowest BCUT2D eigenvalue weighted by Gasteiger charge is -2.13. The summed E-state index contributed by atoms with van der Waals surface area (Å²) in [6.45, 7) is 2.06. The molecule has 0 aromatic rings. The fourth-order valence-electron chi connectivity index (χ4n) is 2.78. The predicted octanol–water partition coefficient (Wildman–Crippen LogP) is 3.70. The Morgan fingerprint density at radius 2 is 1.50 bits per heavy atom. The van der Waals surface area contributed by atoms with Crippen LogP contribution in [0.5, 0.6) is 0 Å². The number of aliphatic hydroxyl groups excluding tert-OH is 1. The maximum Gasteiger partial charge on any atom is 0.220 e. The van der Waals surface area contributed by atoms with Gasteiger partial charge in [0, 0.05) is 22.7 Å². The Bertz CT molecular complexity index is 441. The number of unbranched alkanes of at least 4 members (excludes halogenated alkanes) is 4. The molecule has 0 fully saturated rings. The maximum atomic E-state index is 11.2.